The number of nitrogens with zero attached hydrogens (tertiary/aromatic N) is 3. The molecular weight excluding hydrogens is 452 g/mol. The summed E-state index contributed by atoms with van der Waals surface area (Å²) in [6.45, 7) is 7.14. The summed E-state index contributed by atoms with van der Waals surface area (Å²) in [6.07, 6.45) is 3.39. The molecule has 0 aromatic carbocycles. The number of carbonyl (C=O) groups is 2. The normalized spacial score (nSPS) is 13.6. The Hall–Kier alpha value is -3.58. The molecule has 10 nitrogen and oxygen atoms in total. The van der Waals surface area contributed by atoms with Crippen LogP contribution in [0, 0.1) is 16.7 Å². The van der Waals surface area contributed by atoms with Crippen LogP contribution in [0.15, 0.2) is 24.4 Å². The van der Waals surface area contributed by atoms with E-state index < -0.39 is 12.3 Å². The van der Waals surface area contributed by atoms with Gasteiger partial charge in [0, 0.05) is 30.1 Å². The zero-order valence-corrected chi connectivity index (χ0v) is 20.2. The minimum Gasteiger partial charge on any atom is -0.450 e. The monoisotopic (exact) mass is 484 g/mol. The molecule has 3 rings (SSSR count). The van der Waals surface area contributed by atoms with Gasteiger partial charge in [0.05, 0.1) is 13.2 Å². The van der Waals surface area contributed by atoms with E-state index in [2.05, 4.69) is 39.5 Å². The van der Waals surface area contributed by atoms with Crippen LogP contribution in [0.2, 0.25) is 0 Å². The van der Waals surface area contributed by atoms with Gasteiger partial charge in [0.15, 0.2) is 0 Å². The second-order valence-electron chi connectivity index (χ2n) is 9.29. The van der Waals surface area contributed by atoms with E-state index in [4.69, 9.17) is 14.6 Å². The van der Waals surface area contributed by atoms with E-state index in [9.17, 15) is 14.9 Å². The Morgan fingerprint density at radius 3 is 2.57 bits per heavy atom. The highest BCUT2D eigenvalue weighted by Gasteiger charge is 2.33. The number of ether oxygens (including phenoxy) is 3. The van der Waals surface area contributed by atoms with Gasteiger partial charge in [0.2, 0.25) is 5.88 Å². The minimum atomic E-state index is -1.25. The first kappa shape index (κ1) is 26.0. The number of hydrogen-bond donors (Lipinski definition) is 2. The lowest BCUT2D eigenvalue weighted by atomic mass is 9.89. The van der Waals surface area contributed by atoms with Crippen molar-refractivity contribution in [2.45, 2.75) is 52.5 Å². The van der Waals surface area contributed by atoms with Gasteiger partial charge in [-0.25, -0.2) is 14.6 Å². The van der Waals surface area contributed by atoms with Gasteiger partial charge >= 0.3 is 12.3 Å². The fourth-order valence-corrected chi connectivity index (χ4v) is 4.13. The quantitative estimate of drug-likeness (QED) is 0.332. The minimum absolute atomic E-state index is 0.0829. The molecule has 188 valence electrons. The predicted molar refractivity (Wildman–Crippen MR) is 127 cm³/mol. The molecule has 3 heterocycles. The number of unbranched alkanes of at least 4 members (excludes halogenated alkanes) is 2. The van der Waals surface area contributed by atoms with E-state index in [0.29, 0.717) is 18.5 Å². The Kier molecular flexibility index (Phi) is 9.09. The molecule has 2 N–H and O–H groups in total. The lowest BCUT2D eigenvalue weighted by molar-refractivity contribution is 0.0900. The molecule has 0 saturated carbocycles. The average Bonchev–Trinajstić information content (AvgIpc) is 3.30. The first-order chi connectivity index (χ1) is 16.8. The summed E-state index contributed by atoms with van der Waals surface area (Å²) < 4.78 is 16.9. The maximum absolute atomic E-state index is 12.1. The van der Waals surface area contributed by atoms with Crippen LogP contribution in [0.1, 0.15) is 50.9 Å². The van der Waals surface area contributed by atoms with Crippen molar-refractivity contribution in [3.63, 3.8) is 0 Å². The van der Waals surface area contributed by atoms with Gasteiger partial charge in [-0.15, -0.1) is 0 Å². The third kappa shape index (κ3) is 7.72. The molecule has 0 unspecified atom stereocenters. The Balaban J connectivity index is 1.39. The first-order valence-electron chi connectivity index (χ1n) is 11.8. The number of nitriles is 1. The van der Waals surface area contributed by atoms with E-state index >= 15 is 0 Å². The zero-order valence-electron chi connectivity index (χ0n) is 20.2. The third-order valence-corrected chi connectivity index (χ3v) is 5.73. The van der Waals surface area contributed by atoms with Crippen molar-refractivity contribution in [1.82, 2.24) is 14.9 Å². The summed E-state index contributed by atoms with van der Waals surface area (Å²) in [5.74, 6) is 0.150. The fraction of sp³-hybridized carbons (Fsp3) is 0.520. The molecule has 0 amide bonds. The molecule has 0 aliphatic carbocycles. The van der Waals surface area contributed by atoms with Crippen molar-refractivity contribution in [3.05, 3.63) is 35.8 Å². The predicted octanol–water partition coefficient (Wildman–Crippen LogP) is 4.36. The van der Waals surface area contributed by atoms with Crippen LogP contribution in [-0.2, 0) is 22.4 Å². The van der Waals surface area contributed by atoms with Crippen molar-refractivity contribution in [2.75, 3.05) is 26.3 Å². The Labute approximate surface area is 204 Å². The second kappa shape index (κ2) is 12.2. The molecule has 10 heteroatoms. The number of aromatic nitrogens is 2. The zero-order chi connectivity index (χ0) is 25.3. The van der Waals surface area contributed by atoms with Crippen LogP contribution in [0.4, 0.5) is 9.59 Å². The van der Waals surface area contributed by atoms with Crippen LogP contribution < -0.4 is 10.1 Å². The highest BCUT2D eigenvalue weighted by atomic mass is 16.7. The van der Waals surface area contributed by atoms with E-state index in [-0.39, 0.29) is 24.5 Å². The SMILES string of the molecule is CC1(C)Cc2c(-c3ccnc(OC(=O)OCCCCNCCCCOC(=O)O)c3)cc(C#N)n2C1. The summed E-state index contributed by atoms with van der Waals surface area (Å²) in [7, 11) is 0. The fourth-order valence-electron chi connectivity index (χ4n) is 4.13. The van der Waals surface area contributed by atoms with Crippen LogP contribution in [0.5, 0.6) is 5.88 Å². The van der Waals surface area contributed by atoms with Crippen molar-refractivity contribution in [1.29, 1.82) is 5.26 Å². The van der Waals surface area contributed by atoms with Gasteiger partial charge < -0.3 is 29.2 Å². The first-order valence-corrected chi connectivity index (χ1v) is 11.8. The lowest BCUT2D eigenvalue weighted by Gasteiger charge is -2.15. The van der Waals surface area contributed by atoms with Crippen molar-refractivity contribution in [3.8, 4) is 23.1 Å². The van der Waals surface area contributed by atoms with Gasteiger partial charge in [-0.3, -0.25) is 0 Å². The van der Waals surface area contributed by atoms with Crippen LogP contribution in [0.25, 0.3) is 11.1 Å². The molecule has 0 spiro atoms. The Bertz CT molecular complexity index is 1070. The molecule has 0 bridgehead atoms. The van der Waals surface area contributed by atoms with Crippen molar-refractivity contribution in [2.24, 2.45) is 5.41 Å². The highest BCUT2D eigenvalue weighted by Crippen LogP contribution is 2.40. The molecule has 0 saturated heterocycles. The van der Waals surface area contributed by atoms with E-state index in [0.717, 1.165) is 55.7 Å². The summed E-state index contributed by atoms with van der Waals surface area (Å²) in [6, 6.07) is 7.68. The van der Waals surface area contributed by atoms with Gasteiger partial charge in [-0.2, -0.15) is 5.26 Å². The maximum Gasteiger partial charge on any atom is 0.515 e. The number of pyridine rings is 1. The number of fused-ring (bicyclic) bond motifs is 1. The summed E-state index contributed by atoms with van der Waals surface area (Å²) in [5, 5.41) is 21.1. The van der Waals surface area contributed by atoms with E-state index in [1.165, 1.54) is 0 Å². The Morgan fingerprint density at radius 2 is 1.89 bits per heavy atom. The smallest absolute Gasteiger partial charge is 0.450 e. The molecule has 1 aliphatic heterocycles. The van der Waals surface area contributed by atoms with Crippen molar-refractivity contribution >= 4 is 12.3 Å². The number of carbonyl (C=O) groups excluding carboxylic acids is 1. The largest absolute Gasteiger partial charge is 0.515 e. The number of hydrogen-bond acceptors (Lipinski definition) is 8. The summed E-state index contributed by atoms with van der Waals surface area (Å²) in [5.41, 5.74) is 3.61. The molecule has 0 radical (unpaired) electrons. The maximum atomic E-state index is 12.1. The molecule has 0 fully saturated rings. The van der Waals surface area contributed by atoms with Gasteiger partial charge in [0.25, 0.3) is 0 Å². The van der Waals surface area contributed by atoms with Crippen LogP contribution >= 0.6 is 0 Å². The van der Waals surface area contributed by atoms with Gasteiger partial charge in [0.1, 0.15) is 11.8 Å². The van der Waals surface area contributed by atoms with E-state index in [1.807, 2.05) is 12.1 Å². The molecular formula is C25H32N4O6. The molecule has 0 atom stereocenters. The standard InChI is InChI=1S/C25H32N4O6/c1-25(2)15-21-20(14-19(16-26)29(21)17-25)18-7-10-28-22(13-18)35-24(32)34-12-6-4-9-27-8-3-5-11-33-23(30)31/h7,10,13-14,27H,3-6,8-9,11-12,15,17H2,1-2H3,(H,30,31). The summed E-state index contributed by atoms with van der Waals surface area (Å²) >= 11 is 0. The third-order valence-electron chi connectivity index (χ3n) is 5.73. The van der Waals surface area contributed by atoms with Crippen LogP contribution in [0.3, 0.4) is 0 Å². The van der Waals surface area contributed by atoms with Crippen LogP contribution in [-0.4, -0.2) is 53.3 Å². The molecule has 2 aromatic heterocycles. The molecule has 2 aromatic rings. The molecule has 1 aliphatic rings. The van der Waals surface area contributed by atoms with Gasteiger partial charge in [-0.05, 0) is 68.3 Å². The number of carboxylic acid groups (broad SMARTS) is 1. The number of rotatable bonds is 12. The second-order valence-corrected chi connectivity index (χ2v) is 9.29. The Morgan fingerprint density at radius 1 is 1.17 bits per heavy atom. The van der Waals surface area contributed by atoms with Crippen molar-refractivity contribution < 1.29 is 28.9 Å². The number of nitrogens with one attached hydrogen (secondary N) is 1. The van der Waals surface area contributed by atoms with Gasteiger partial charge in [-0.1, -0.05) is 13.8 Å². The highest BCUT2D eigenvalue weighted by molar-refractivity contribution is 5.71. The summed E-state index contributed by atoms with van der Waals surface area (Å²) in [4.78, 5) is 26.4. The topological polar surface area (TPSA) is 136 Å². The van der Waals surface area contributed by atoms with E-state index in [1.54, 1.807) is 12.3 Å². The molecule has 35 heavy (non-hydrogen) atoms. The lowest BCUT2D eigenvalue weighted by Crippen LogP contribution is -2.18. The average molecular weight is 485 g/mol.